The molecule has 1 aromatic rings. The zero-order chi connectivity index (χ0) is 13.0. The van der Waals surface area contributed by atoms with Gasteiger partial charge in [-0.15, -0.1) is 0 Å². The molecular weight excluding hydrogens is 294 g/mol. The van der Waals surface area contributed by atoms with Crippen molar-refractivity contribution in [3.05, 3.63) is 22.3 Å². The number of aryl methyl sites for hydroxylation is 1. The minimum Gasteiger partial charge on any atom is -0.377 e. The molecule has 5 heteroatoms. The first kappa shape index (κ1) is 13.8. The minimum absolute atomic E-state index is 0.367. The van der Waals surface area contributed by atoms with Crippen LogP contribution in [0, 0.1) is 6.92 Å². The number of hydrogen-bond acceptors (Lipinski definition) is 4. The molecule has 0 amide bonds. The third-order valence-electron chi connectivity index (χ3n) is 3.16. The second kappa shape index (κ2) is 6.50. The molecular formula is C13H20BrN3O. The smallest absolute Gasteiger partial charge is 0.129 e. The van der Waals surface area contributed by atoms with Crippen LogP contribution in [0.4, 0.5) is 5.82 Å². The average molecular weight is 314 g/mol. The summed E-state index contributed by atoms with van der Waals surface area (Å²) >= 11 is 3.49. The van der Waals surface area contributed by atoms with E-state index in [-0.39, 0.29) is 0 Å². The Bertz CT molecular complexity index is 400. The molecule has 0 bridgehead atoms. The van der Waals surface area contributed by atoms with Gasteiger partial charge in [-0.2, -0.15) is 0 Å². The summed E-state index contributed by atoms with van der Waals surface area (Å²) < 4.78 is 6.62. The maximum absolute atomic E-state index is 5.57. The first-order chi connectivity index (χ1) is 8.72. The summed E-state index contributed by atoms with van der Waals surface area (Å²) in [5.41, 5.74) is 1.03. The molecule has 1 aliphatic heterocycles. The van der Waals surface area contributed by atoms with Crippen LogP contribution in [0.15, 0.2) is 16.6 Å². The van der Waals surface area contributed by atoms with Crippen LogP contribution in [0.3, 0.4) is 0 Å². The van der Waals surface area contributed by atoms with E-state index in [0.717, 1.165) is 48.8 Å². The van der Waals surface area contributed by atoms with Crippen LogP contribution in [0.1, 0.15) is 12.6 Å². The van der Waals surface area contributed by atoms with Crippen LogP contribution < -0.4 is 10.2 Å². The van der Waals surface area contributed by atoms with E-state index < -0.39 is 0 Å². The predicted octanol–water partition coefficient (Wildman–Crippen LogP) is 1.97. The average Bonchev–Trinajstić information content (AvgIpc) is 2.40. The molecule has 0 aliphatic carbocycles. The molecule has 1 fully saturated rings. The van der Waals surface area contributed by atoms with Crippen LogP contribution in [0.2, 0.25) is 0 Å². The summed E-state index contributed by atoms with van der Waals surface area (Å²) in [6, 6.07) is 4.51. The largest absolute Gasteiger partial charge is 0.377 e. The highest BCUT2D eigenvalue weighted by molar-refractivity contribution is 9.10. The summed E-state index contributed by atoms with van der Waals surface area (Å²) in [5.74, 6) is 1.04. The number of likely N-dealkylation sites (N-methyl/N-ethyl adjacent to an activating group) is 1. The van der Waals surface area contributed by atoms with E-state index in [1.54, 1.807) is 0 Å². The third-order valence-corrected chi connectivity index (χ3v) is 4.00. The van der Waals surface area contributed by atoms with Gasteiger partial charge in [-0.3, -0.25) is 0 Å². The zero-order valence-corrected chi connectivity index (χ0v) is 12.5. The van der Waals surface area contributed by atoms with E-state index in [9.17, 15) is 0 Å². The second-order valence-electron chi connectivity index (χ2n) is 4.47. The molecule has 1 unspecified atom stereocenters. The van der Waals surface area contributed by atoms with E-state index >= 15 is 0 Å². The molecule has 1 saturated heterocycles. The molecule has 18 heavy (non-hydrogen) atoms. The van der Waals surface area contributed by atoms with E-state index in [1.807, 2.05) is 6.92 Å². The number of anilines is 1. The Morgan fingerprint density at radius 3 is 3.11 bits per heavy atom. The highest BCUT2D eigenvalue weighted by Gasteiger charge is 2.23. The maximum Gasteiger partial charge on any atom is 0.129 e. The van der Waals surface area contributed by atoms with Gasteiger partial charge in [0.1, 0.15) is 5.82 Å². The summed E-state index contributed by atoms with van der Waals surface area (Å²) in [4.78, 5) is 6.99. The van der Waals surface area contributed by atoms with Crippen molar-refractivity contribution in [2.45, 2.75) is 19.9 Å². The van der Waals surface area contributed by atoms with Crippen LogP contribution in [-0.4, -0.2) is 43.9 Å². The van der Waals surface area contributed by atoms with Gasteiger partial charge in [0.2, 0.25) is 0 Å². The highest BCUT2D eigenvalue weighted by atomic mass is 79.9. The SMILES string of the molecule is CCNCC1COCCN1c1ccc(Br)c(C)n1. The van der Waals surface area contributed by atoms with Crippen molar-refractivity contribution in [1.82, 2.24) is 10.3 Å². The van der Waals surface area contributed by atoms with Crippen molar-refractivity contribution >= 4 is 21.7 Å². The number of ether oxygens (including phenoxy) is 1. The van der Waals surface area contributed by atoms with Gasteiger partial charge in [0.25, 0.3) is 0 Å². The fourth-order valence-corrected chi connectivity index (χ4v) is 2.35. The van der Waals surface area contributed by atoms with Gasteiger partial charge in [0.05, 0.1) is 24.9 Å². The van der Waals surface area contributed by atoms with Gasteiger partial charge in [-0.1, -0.05) is 6.92 Å². The number of rotatable bonds is 4. The van der Waals surface area contributed by atoms with Gasteiger partial charge in [-0.05, 0) is 41.5 Å². The standard InChI is InChI=1S/C13H20BrN3O/c1-3-15-8-11-9-18-7-6-17(11)13-5-4-12(14)10(2)16-13/h4-5,11,15H,3,6-9H2,1-2H3. The number of hydrogen-bond donors (Lipinski definition) is 1. The van der Waals surface area contributed by atoms with Crippen LogP contribution >= 0.6 is 15.9 Å². The molecule has 2 heterocycles. The molecule has 100 valence electrons. The molecule has 2 rings (SSSR count). The Balaban J connectivity index is 2.14. The van der Waals surface area contributed by atoms with Crippen molar-refractivity contribution in [3.8, 4) is 0 Å². The lowest BCUT2D eigenvalue weighted by Crippen LogP contribution is -2.51. The number of pyridine rings is 1. The number of nitrogens with zero attached hydrogens (tertiary/aromatic N) is 2. The normalized spacial score (nSPS) is 20.2. The number of aromatic nitrogens is 1. The summed E-state index contributed by atoms with van der Waals surface area (Å²) in [5, 5.41) is 3.39. The van der Waals surface area contributed by atoms with Gasteiger partial charge >= 0.3 is 0 Å². The first-order valence-electron chi connectivity index (χ1n) is 6.40. The first-order valence-corrected chi connectivity index (χ1v) is 7.20. The van der Waals surface area contributed by atoms with Gasteiger partial charge in [-0.25, -0.2) is 4.98 Å². The highest BCUT2D eigenvalue weighted by Crippen LogP contribution is 2.21. The van der Waals surface area contributed by atoms with Crippen molar-refractivity contribution < 1.29 is 4.74 Å². The van der Waals surface area contributed by atoms with E-state index in [2.05, 4.69) is 50.2 Å². The van der Waals surface area contributed by atoms with Crippen molar-refractivity contribution in [3.63, 3.8) is 0 Å². The fourth-order valence-electron chi connectivity index (χ4n) is 2.13. The fraction of sp³-hybridized carbons (Fsp3) is 0.615. The minimum atomic E-state index is 0.367. The molecule has 4 nitrogen and oxygen atoms in total. The molecule has 0 saturated carbocycles. The van der Waals surface area contributed by atoms with Crippen molar-refractivity contribution in [1.29, 1.82) is 0 Å². The molecule has 1 N–H and O–H groups in total. The van der Waals surface area contributed by atoms with E-state index in [4.69, 9.17) is 4.74 Å². The van der Waals surface area contributed by atoms with Crippen LogP contribution in [0.25, 0.3) is 0 Å². The molecule has 1 aromatic heterocycles. The van der Waals surface area contributed by atoms with Crippen molar-refractivity contribution in [2.75, 3.05) is 37.7 Å². The summed E-state index contributed by atoms with van der Waals surface area (Å²) in [6.07, 6.45) is 0. The maximum atomic E-state index is 5.57. The topological polar surface area (TPSA) is 37.4 Å². The van der Waals surface area contributed by atoms with Gasteiger partial charge in [0.15, 0.2) is 0 Å². The number of halogens is 1. The van der Waals surface area contributed by atoms with Crippen LogP contribution in [-0.2, 0) is 4.74 Å². The van der Waals surface area contributed by atoms with Gasteiger partial charge in [0, 0.05) is 17.6 Å². The number of morpholine rings is 1. The predicted molar refractivity (Wildman–Crippen MR) is 77.2 cm³/mol. The Kier molecular flexibility index (Phi) is 4.97. The third kappa shape index (κ3) is 3.22. The lowest BCUT2D eigenvalue weighted by molar-refractivity contribution is 0.0935. The quantitative estimate of drug-likeness (QED) is 0.922. The molecule has 1 aliphatic rings. The lowest BCUT2D eigenvalue weighted by atomic mass is 10.2. The second-order valence-corrected chi connectivity index (χ2v) is 5.32. The van der Waals surface area contributed by atoms with E-state index in [1.165, 1.54) is 0 Å². The zero-order valence-electron chi connectivity index (χ0n) is 10.9. The molecule has 1 atom stereocenters. The Labute approximate surface area is 117 Å². The molecule has 0 aromatic carbocycles. The van der Waals surface area contributed by atoms with E-state index in [0.29, 0.717) is 6.04 Å². The lowest BCUT2D eigenvalue weighted by Gasteiger charge is -2.36. The Morgan fingerprint density at radius 2 is 2.39 bits per heavy atom. The summed E-state index contributed by atoms with van der Waals surface area (Å²) in [7, 11) is 0. The molecule has 0 spiro atoms. The van der Waals surface area contributed by atoms with Crippen LogP contribution in [0.5, 0.6) is 0 Å². The summed E-state index contributed by atoms with van der Waals surface area (Å²) in [6.45, 7) is 8.52. The molecule has 0 radical (unpaired) electrons. The Hall–Kier alpha value is -0.650. The monoisotopic (exact) mass is 313 g/mol. The Morgan fingerprint density at radius 1 is 1.56 bits per heavy atom. The van der Waals surface area contributed by atoms with Gasteiger partial charge < -0.3 is 15.0 Å². The number of nitrogens with one attached hydrogen (secondary N) is 1. The van der Waals surface area contributed by atoms with Crippen molar-refractivity contribution in [2.24, 2.45) is 0 Å².